The predicted molar refractivity (Wildman–Crippen MR) is 108 cm³/mol. The highest BCUT2D eigenvalue weighted by Gasteiger charge is 2.18. The molecular weight excluding hydrogens is 340 g/mol. The largest absolute Gasteiger partial charge is 0.399 e. The van der Waals surface area contributed by atoms with E-state index in [1.807, 2.05) is 26.8 Å². The number of pyridine rings is 1. The summed E-state index contributed by atoms with van der Waals surface area (Å²) in [6, 6.07) is 10.4. The topological polar surface area (TPSA) is 101 Å². The number of hydrogen-bond acceptors (Lipinski definition) is 4. The molecular formula is C21H22N4O2. The molecule has 0 fully saturated rings. The van der Waals surface area contributed by atoms with Gasteiger partial charge in [0.25, 0.3) is 5.91 Å². The average Bonchev–Trinajstić information content (AvgIpc) is 3.01. The minimum atomic E-state index is -0.413. The number of rotatable bonds is 4. The van der Waals surface area contributed by atoms with E-state index >= 15 is 0 Å². The predicted octanol–water partition coefficient (Wildman–Crippen LogP) is 4.03. The van der Waals surface area contributed by atoms with E-state index in [1.165, 1.54) is 0 Å². The zero-order chi connectivity index (χ0) is 19.6. The Morgan fingerprint density at radius 3 is 2.52 bits per heavy atom. The van der Waals surface area contributed by atoms with Crippen molar-refractivity contribution in [2.45, 2.75) is 20.8 Å². The number of allylic oxidation sites excluding steroid dienone is 1. The molecule has 6 nitrogen and oxygen atoms in total. The first-order valence-electron chi connectivity index (χ1n) is 8.60. The van der Waals surface area contributed by atoms with Crippen molar-refractivity contribution >= 4 is 40.2 Å². The molecule has 0 atom stereocenters. The first-order valence-corrected chi connectivity index (χ1v) is 8.60. The Hall–Kier alpha value is -3.41. The molecule has 0 radical (unpaired) electrons. The Morgan fingerprint density at radius 2 is 1.85 bits per heavy atom. The number of ketones is 1. The molecule has 6 heteroatoms. The number of anilines is 2. The van der Waals surface area contributed by atoms with Crippen molar-refractivity contribution < 1.29 is 9.59 Å². The molecule has 0 saturated heterocycles. The number of amides is 1. The number of nitrogens with two attached hydrogens (primary N) is 1. The van der Waals surface area contributed by atoms with Crippen molar-refractivity contribution in [3.8, 4) is 0 Å². The van der Waals surface area contributed by atoms with Gasteiger partial charge in [-0.05, 0) is 48.6 Å². The molecule has 1 amide bonds. The van der Waals surface area contributed by atoms with Gasteiger partial charge in [0.1, 0.15) is 5.82 Å². The lowest BCUT2D eigenvalue weighted by Gasteiger charge is -2.12. The zero-order valence-corrected chi connectivity index (χ0v) is 15.5. The van der Waals surface area contributed by atoms with E-state index in [-0.39, 0.29) is 11.7 Å². The summed E-state index contributed by atoms with van der Waals surface area (Å²) in [4.78, 5) is 31.8. The first kappa shape index (κ1) is 18.4. The Balaban J connectivity index is 1.77. The van der Waals surface area contributed by atoms with Gasteiger partial charge in [-0.1, -0.05) is 20.8 Å². The monoisotopic (exact) mass is 362 g/mol. The summed E-state index contributed by atoms with van der Waals surface area (Å²) in [5.41, 5.74) is 7.95. The molecule has 0 unspecified atom stereocenters. The van der Waals surface area contributed by atoms with Crippen LogP contribution in [-0.2, 0) is 4.79 Å². The van der Waals surface area contributed by atoms with Gasteiger partial charge in [-0.2, -0.15) is 0 Å². The maximum Gasteiger partial charge on any atom is 0.256 e. The van der Waals surface area contributed by atoms with Crippen molar-refractivity contribution in [1.29, 1.82) is 0 Å². The van der Waals surface area contributed by atoms with Crippen LogP contribution in [-0.4, -0.2) is 21.7 Å². The molecule has 138 valence electrons. The van der Waals surface area contributed by atoms with Gasteiger partial charge in [0, 0.05) is 27.7 Å². The quantitative estimate of drug-likeness (QED) is 0.482. The summed E-state index contributed by atoms with van der Waals surface area (Å²) in [5.74, 6) is 0.244. The van der Waals surface area contributed by atoms with Crippen LogP contribution in [0.3, 0.4) is 0 Å². The van der Waals surface area contributed by atoms with E-state index in [9.17, 15) is 9.59 Å². The summed E-state index contributed by atoms with van der Waals surface area (Å²) in [6.07, 6.45) is 4.97. The van der Waals surface area contributed by atoms with Crippen molar-refractivity contribution in [3.63, 3.8) is 0 Å². The molecule has 2 aromatic heterocycles. The van der Waals surface area contributed by atoms with Gasteiger partial charge in [-0.15, -0.1) is 0 Å². The number of nitrogen functional groups attached to an aromatic ring is 1. The van der Waals surface area contributed by atoms with Crippen molar-refractivity contribution in [1.82, 2.24) is 9.97 Å². The molecule has 0 saturated carbocycles. The van der Waals surface area contributed by atoms with E-state index in [1.54, 1.807) is 48.7 Å². The molecule has 3 rings (SSSR count). The molecule has 4 N–H and O–H groups in total. The smallest absolute Gasteiger partial charge is 0.256 e. The maximum absolute atomic E-state index is 12.3. The Kier molecular flexibility index (Phi) is 4.81. The molecule has 1 aromatic carbocycles. The Labute approximate surface area is 157 Å². The number of aromatic nitrogens is 2. The van der Waals surface area contributed by atoms with E-state index in [0.29, 0.717) is 17.1 Å². The maximum atomic E-state index is 12.3. The lowest BCUT2D eigenvalue weighted by Crippen LogP contribution is -2.17. The summed E-state index contributed by atoms with van der Waals surface area (Å²) < 4.78 is 0. The van der Waals surface area contributed by atoms with Crippen LogP contribution in [0.4, 0.5) is 11.5 Å². The number of fused-ring (bicyclic) bond motifs is 1. The van der Waals surface area contributed by atoms with E-state index in [0.717, 1.165) is 16.6 Å². The Bertz CT molecular complexity index is 1020. The lowest BCUT2D eigenvalue weighted by molar-refractivity contribution is -0.121. The van der Waals surface area contributed by atoms with Crippen LogP contribution < -0.4 is 11.1 Å². The van der Waals surface area contributed by atoms with E-state index in [2.05, 4.69) is 15.3 Å². The second-order valence-corrected chi connectivity index (χ2v) is 7.41. The third kappa shape index (κ3) is 4.41. The highest BCUT2D eigenvalue weighted by Crippen LogP contribution is 2.21. The molecule has 27 heavy (non-hydrogen) atoms. The van der Waals surface area contributed by atoms with Crippen LogP contribution in [0.5, 0.6) is 0 Å². The third-order valence-electron chi connectivity index (χ3n) is 4.09. The van der Waals surface area contributed by atoms with Crippen LogP contribution in [0.15, 0.2) is 48.7 Å². The van der Waals surface area contributed by atoms with Gasteiger partial charge in [-0.3, -0.25) is 9.59 Å². The molecule has 0 bridgehead atoms. The Morgan fingerprint density at radius 1 is 1.15 bits per heavy atom. The van der Waals surface area contributed by atoms with E-state index < -0.39 is 5.41 Å². The van der Waals surface area contributed by atoms with Crippen LogP contribution >= 0.6 is 0 Å². The number of nitrogens with one attached hydrogen (secondary N) is 2. The van der Waals surface area contributed by atoms with Crippen LogP contribution in [0.2, 0.25) is 0 Å². The average molecular weight is 362 g/mol. The fourth-order valence-corrected chi connectivity index (χ4v) is 2.45. The molecule has 0 aliphatic carbocycles. The van der Waals surface area contributed by atoms with Gasteiger partial charge in [0.2, 0.25) is 0 Å². The van der Waals surface area contributed by atoms with Gasteiger partial charge < -0.3 is 16.0 Å². The standard InChI is InChI=1S/C21H22N4O2/c1-21(2,3)18(26)9-8-16-10-14-11-19(23-12-17(14)24-16)25-20(27)13-4-6-15(22)7-5-13/h4-12,24H,22H2,1-3H3,(H,23,25,27). The van der Waals surface area contributed by atoms with Crippen molar-refractivity contribution in [3.05, 3.63) is 59.9 Å². The second-order valence-electron chi connectivity index (χ2n) is 7.41. The van der Waals surface area contributed by atoms with Crippen molar-refractivity contribution in [2.24, 2.45) is 5.41 Å². The number of benzene rings is 1. The van der Waals surface area contributed by atoms with Gasteiger partial charge in [-0.25, -0.2) is 4.98 Å². The van der Waals surface area contributed by atoms with Gasteiger partial charge in [0.05, 0.1) is 11.7 Å². The molecule has 3 aromatic rings. The summed E-state index contributed by atoms with van der Waals surface area (Å²) in [7, 11) is 0. The number of hydrogen-bond donors (Lipinski definition) is 3. The summed E-state index contributed by atoms with van der Waals surface area (Å²) in [5, 5.41) is 3.66. The molecule has 0 aliphatic heterocycles. The number of carbonyl (C=O) groups is 2. The number of aromatic amines is 1. The van der Waals surface area contributed by atoms with Crippen molar-refractivity contribution in [2.75, 3.05) is 11.1 Å². The summed E-state index contributed by atoms with van der Waals surface area (Å²) in [6.45, 7) is 5.64. The van der Waals surface area contributed by atoms with Gasteiger partial charge >= 0.3 is 0 Å². The normalized spacial score (nSPS) is 11.8. The molecule has 0 spiro atoms. The number of carbonyl (C=O) groups excluding carboxylic acids is 2. The fourth-order valence-electron chi connectivity index (χ4n) is 2.45. The zero-order valence-electron chi connectivity index (χ0n) is 15.5. The van der Waals surface area contributed by atoms with E-state index in [4.69, 9.17) is 5.73 Å². The highest BCUT2D eigenvalue weighted by molar-refractivity contribution is 6.04. The lowest BCUT2D eigenvalue weighted by atomic mass is 9.90. The number of H-pyrrole nitrogens is 1. The fraction of sp³-hybridized carbons (Fsp3) is 0.190. The van der Waals surface area contributed by atoms with Crippen LogP contribution in [0.1, 0.15) is 36.8 Å². The minimum Gasteiger partial charge on any atom is -0.399 e. The van der Waals surface area contributed by atoms with Crippen LogP contribution in [0.25, 0.3) is 17.0 Å². The minimum absolute atomic E-state index is 0.0516. The number of nitrogens with zero attached hydrogens (tertiary/aromatic N) is 1. The molecule has 2 heterocycles. The van der Waals surface area contributed by atoms with Crippen LogP contribution in [0, 0.1) is 5.41 Å². The second kappa shape index (κ2) is 7.07. The summed E-state index contributed by atoms with van der Waals surface area (Å²) >= 11 is 0. The highest BCUT2D eigenvalue weighted by atomic mass is 16.1. The first-order chi connectivity index (χ1) is 12.7. The SMILES string of the molecule is CC(C)(C)C(=O)C=Cc1cc2cc(NC(=O)c3ccc(N)cc3)ncc2[nH]1. The van der Waals surface area contributed by atoms with Gasteiger partial charge in [0.15, 0.2) is 5.78 Å². The third-order valence-corrected chi connectivity index (χ3v) is 4.09. The molecule has 0 aliphatic rings.